The number of esters is 2. The minimum absolute atomic E-state index is 0.0183. The lowest BCUT2D eigenvalue weighted by molar-refractivity contribution is -0.138. The monoisotopic (exact) mass is 348 g/mol. The third-order valence-electron chi connectivity index (χ3n) is 3.81. The molecule has 0 aromatic rings. The van der Waals surface area contributed by atoms with Gasteiger partial charge in [0.2, 0.25) is 0 Å². The smallest absolute Gasteiger partial charge is 0.349 e. The standard InChI is InChI=1S/C17H20N2O4S/c1-4-23-17(21)13(9-18)11-7-5-6-8-12(11)15(24-3)14(10-19)16(20)22-2/h12H,4-8H2,1-3H3/b13-11+,15-14+/t12-/m0/s1. The molecule has 7 heteroatoms. The molecule has 0 radical (unpaired) electrons. The van der Waals surface area contributed by atoms with Crippen LogP contribution in [0.2, 0.25) is 0 Å². The van der Waals surface area contributed by atoms with Gasteiger partial charge in [0.25, 0.3) is 0 Å². The van der Waals surface area contributed by atoms with E-state index in [0.29, 0.717) is 23.3 Å². The molecule has 0 N–H and O–H groups in total. The molecule has 0 heterocycles. The maximum atomic E-state index is 12.1. The summed E-state index contributed by atoms with van der Waals surface area (Å²) in [4.78, 5) is 24.5. The van der Waals surface area contributed by atoms with E-state index in [2.05, 4.69) is 4.74 Å². The molecule has 0 aromatic carbocycles. The molecule has 6 nitrogen and oxygen atoms in total. The quantitative estimate of drug-likeness (QED) is 0.428. The highest BCUT2D eigenvalue weighted by Crippen LogP contribution is 2.41. The Kier molecular flexibility index (Phi) is 8.08. The molecule has 1 rings (SSSR count). The maximum Gasteiger partial charge on any atom is 0.349 e. The van der Waals surface area contributed by atoms with Gasteiger partial charge in [-0.1, -0.05) is 6.42 Å². The maximum absolute atomic E-state index is 12.1. The van der Waals surface area contributed by atoms with Crippen molar-refractivity contribution in [3.05, 3.63) is 21.6 Å². The van der Waals surface area contributed by atoms with Gasteiger partial charge in [0, 0.05) is 10.8 Å². The molecule has 1 aliphatic carbocycles. The first kappa shape index (κ1) is 19.8. The van der Waals surface area contributed by atoms with Gasteiger partial charge in [0.05, 0.1) is 13.7 Å². The van der Waals surface area contributed by atoms with Crippen molar-refractivity contribution in [1.29, 1.82) is 10.5 Å². The van der Waals surface area contributed by atoms with Gasteiger partial charge in [-0.25, -0.2) is 9.59 Å². The highest BCUT2D eigenvalue weighted by molar-refractivity contribution is 8.02. The lowest BCUT2D eigenvalue weighted by atomic mass is 9.80. The van der Waals surface area contributed by atoms with Crippen LogP contribution in [0.25, 0.3) is 0 Å². The SMILES string of the molecule is CCOC(=O)/C(C#N)=C1\CCCC[C@@H]1/C(SC)=C(/C#N)C(=O)OC. The molecule has 0 aliphatic heterocycles. The Morgan fingerprint density at radius 3 is 2.46 bits per heavy atom. The van der Waals surface area contributed by atoms with Gasteiger partial charge < -0.3 is 9.47 Å². The summed E-state index contributed by atoms with van der Waals surface area (Å²) in [6, 6.07) is 3.84. The Morgan fingerprint density at radius 2 is 1.96 bits per heavy atom. The highest BCUT2D eigenvalue weighted by atomic mass is 32.2. The van der Waals surface area contributed by atoms with Gasteiger partial charge in [-0.15, -0.1) is 11.8 Å². The summed E-state index contributed by atoms with van der Waals surface area (Å²) in [6.45, 7) is 1.85. The van der Waals surface area contributed by atoms with Gasteiger partial charge in [-0.05, 0) is 38.0 Å². The van der Waals surface area contributed by atoms with E-state index in [1.807, 2.05) is 12.1 Å². The van der Waals surface area contributed by atoms with E-state index in [4.69, 9.17) is 4.74 Å². The van der Waals surface area contributed by atoms with Crippen LogP contribution in [-0.2, 0) is 19.1 Å². The Bertz CT molecular complexity index is 652. The fourth-order valence-corrected chi connectivity index (χ4v) is 3.65. The van der Waals surface area contributed by atoms with Gasteiger partial charge >= 0.3 is 11.9 Å². The van der Waals surface area contributed by atoms with Crippen LogP contribution in [0.15, 0.2) is 21.6 Å². The number of allylic oxidation sites excluding steroid dienone is 2. The van der Waals surface area contributed by atoms with Crippen molar-refractivity contribution in [3.8, 4) is 12.1 Å². The summed E-state index contributed by atoms with van der Waals surface area (Å²) in [6.07, 6.45) is 4.73. The zero-order chi connectivity index (χ0) is 18.1. The molecule has 128 valence electrons. The molecule has 0 amide bonds. The Balaban J connectivity index is 3.48. The Hall–Kier alpha value is -2.25. The Labute approximate surface area is 146 Å². The van der Waals surface area contributed by atoms with Gasteiger partial charge in [0.15, 0.2) is 0 Å². The van der Waals surface area contributed by atoms with E-state index in [9.17, 15) is 20.1 Å². The predicted molar refractivity (Wildman–Crippen MR) is 89.4 cm³/mol. The highest BCUT2D eigenvalue weighted by Gasteiger charge is 2.32. The predicted octanol–water partition coefficient (Wildman–Crippen LogP) is 2.87. The van der Waals surface area contributed by atoms with E-state index in [0.717, 1.165) is 12.8 Å². The summed E-state index contributed by atoms with van der Waals surface area (Å²) in [5.41, 5.74) is 0.550. The third-order valence-corrected chi connectivity index (χ3v) is 4.73. The molecule has 1 atom stereocenters. The second kappa shape index (κ2) is 9.79. The topological polar surface area (TPSA) is 100 Å². The molecule has 24 heavy (non-hydrogen) atoms. The van der Waals surface area contributed by atoms with Crippen LogP contribution in [0.3, 0.4) is 0 Å². The number of methoxy groups -OCH3 is 1. The molecular weight excluding hydrogens is 328 g/mol. The van der Waals surface area contributed by atoms with Crippen LogP contribution in [0.4, 0.5) is 0 Å². The molecule has 0 unspecified atom stereocenters. The van der Waals surface area contributed by atoms with Crippen LogP contribution >= 0.6 is 11.8 Å². The molecule has 0 aromatic heterocycles. The van der Waals surface area contributed by atoms with Crippen LogP contribution < -0.4 is 0 Å². The van der Waals surface area contributed by atoms with Crippen molar-refractivity contribution in [2.24, 2.45) is 5.92 Å². The zero-order valence-electron chi connectivity index (χ0n) is 14.0. The minimum Gasteiger partial charge on any atom is -0.465 e. The molecule has 1 saturated carbocycles. The fraction of sp³-hybridized carbons (Fsp3) is 0.529. The first-order chi connectivity index (χ1) is 11.5. The van der Waals surface area contributed by atoms with Crippen molar-refractivity contribution in [2.45, 2.75) is 32.6 Å². The van der Waals surface area contributed by atoms with Crippen molar-refractivity contribution < 1.29 is 19.1 Å². The third kappa shape index (κ3) is 4.39. The molecule has 1 fully saturated rings. The van der Waals surface area contributed by atoms with Gasteiger partial charge in [-0.2, -0.15) is 10.5 Å². The normalized spacial score (nSPS) is 20.1. The number of nitriles is 2. The van der Waals surface area contributed by atoms with Crippen LogP contribution in [0.1, 0.15) is 32.6 Å². The number of carbonyl (C=O) groups is 2. The van der Waals surface area contributed by atoms with Gasteiger partial charge in [-0.3, -0.25) is 0 Å². The van der Waals surface area contributed by atoms with E-state index >= 15 is 0 Å². The summed E-state index contributed by atoms with van der Waals surface area (Å²) >= 11 is 1.27. The molecule has 1 aliphatic rings. The molecule has 0 spiro atoms. The number of ether oxygens (including phenoxy) is 2. The summed E-state index contributed by atoms with van der Waals surface area (Å²) in [7, 11) is 1.22. The second-order valence-electron chi connectivity index (χ2n) is 5.08. The van der Waals surface area contributed by atoms with Gasteiger partial charge in [0.1, 0.15) is 23.3 Å². The Morgan fingerprint density at radius 1 is 1.25 bits per heavy atom. The number of hydrogen-bond donors (Lipinski definition) is 0. The summed E-state index contributed by atoms with van der Waals surface area (Å²) in [5.74, 6) is -1.68. The van der Waals surface area contributed by atoms with Crippen LogP contribution in [0, 0.1) is 28.6 Å². The van der Waals surface area contributed by atoms with E-state index < -0.39 is 11.9 Å². The largest absolute Gasteiger partial charge is 0.465 e. The van der Waals surface area contributed by atoms with E-state index in [1.54, 1.807) is 13.2 Å². The lowest BCUT2D eigenvalue weighted by Crippen LogP contribution is -2.20. The van der Waals surface area contributed by atoms with Crippen LogP contribution in [-0.4, -0.2) is 31.9 Å². The first-order valence-corrected chi connectivity index (χ1v) is 8.84. The van der Waals surface area contributed by atoms with Crippen molar-refractivity contribution >= 4 is 23.7 Å². The van der Waals surface area contributed by atoms with Crippen LogP contribution in [0.5, 0.6) is 0 Å². The first-order valence-electron chi connectivity index (χ1n) is 7.62. The summed E-state index contributed by atoms with van der Waals surface area (Å²) < 4.78 is 9.65. The molecule has 0 saturated heterocycles. The van der Waals surface area contributed by atoms with E-state index in [1.165, 1.54) is 18.9 Å². The zero-order valence-corrected chi connectivity index (χ0v) is 14.9. The number of hydrogen-bond acceptors (Lipinski definition) is 7. The average Bonchev–Trinajstić information content (AvgIpc) is 2.60. The van der Waals surface area contributed by atoms with Crippen molar-refractivity contribution in [2.75, 3.05) is 20.0 Å². The lowest BCUT2D eigenvalue weighted by Gasteiger charge is -2.28. The number of carbonyl (C=O) groups excluding carboxylic acids is 2. The second-order valence-corrected chi connectivity index (χ2v) is 5.93. The average molecular weight is 348 g/mol. The molecular formula is C17H20N2O4S. The van der Waals surface area contributed by atoms with Crippen molar-refractivity contribution in [1.82, 2.24) is 0 Å². The number of nitrogens with zero attached hydrogens (tertiary/aromatic N) is 2. The molecule has 0 bridgehead atoms. The number of thioether (sulfide) groups is 1. The number of rotatable bonds is 5. The fourth-order valence-electron chi connectivity index (χ4n) is 2.77. The van der Waals surface area contributed by atoms with E-state index in [-0.39, 0.29) is 23.7 Å². The minimum atomic E-state index is -0.707. The summed E-state index contributed by atoms with van der Waals surface area (Å²) in [5, 5.41) is 18.8. The van der Waals surface area contributed by atoms with Crippen molar-refractivity contribution in [3.63, 3.8) is 0 Å².